The number of aryl methyl sites for hydroxylation is 1. The molecule has 0 aromatic heterocycles. The summed E-state index contributed by atoms with van der Waals surface area (Å²) < 4.78 is 24.8. The van der Waals surface area contributed by atoms with Crippen LogP contribution in [0.5, 0.6) is 5.75 Å². The Bertz CT molecular complexity index is 1150. The predicted molar refractivity (Wildman–Crippen MR) is 169 cm³/mol. The molecule has 1 aromatic carbocycles. The Kier molecular flexibility index (Phi) is 10.5. The lowest BCUT2D eigenvalue weighted by molar-refractivity contribution is -0.163. The van der Waals surface area contributed by atoms with Crippen molar-refractivity contribution < 1.29 is 28.2 Å². The third-order valence-electron chi connectivity index (χ3n) is 9.85. The maximum atomic E-state index is 13.4. The molecule has 6 nitrogen and oxygen atoms in total. The number of benzene rings is 1. The highest BCUT2D eigenvalue weighted by molar-refractivity contribution is 6.74. The number of hydrogen-bond acceptors (Lipinski definition) is 6. The number of ether oxygens (including phenoxy) is 3. The SMILES string of the molecule is CC[C@@H](Oc1ccc(C)cc1)C(=O)O[C@H]1CCC=C2C=C[C@H](C)[C@H](CC[C@@H]3C[C@@H](O[Si](C)(C)C(C)(C)C)CC(=O)O3)[C@H]21. The number of fused-ring (bicyclic) bond motifs is 1. The van der Waals surface area contributed by atoms with Crippen LogP contribution in [0.3, 0.4) is 0 Å². The summed E-state index contributed by atoms with van der Waals surface area (Å²) in [7, 11) is -1.99. The monoisotopic (exact) mass is 596 g/mol. The summed E-state index contributed by atoms with van der Waals surface area (Å²) in [5.41, 5.74) is 2.40. The van der Waals surface area contributed by atoms with Crippen LogP contribution >= 0.6 is 0 Å². The highest BCUT2D eigenvalue weighted by Crippen LogP contribution is 2.45. The zero-order chi connectivity index (χ0) is 30.7. The normalized spacial score (nSPS) is 28.8. The Morgan fingerprint density at radius 2 is 1.86 bits per heavy atom. The third kappa shape index (κ3) is 7.96. The van der Waals surface area contributed by atoms with Gasteiger partial charge in [0, 0.05) is 12.3 Å². The minimum absolute atomic E-state index is 0.0841. The van der Waals surface area contributed by atoms with Crippen LogP contribution in [0.25, 0.3) is 0 Å². The van der Waals surface area contributed by atoms with Crippen molar-refractivity contribution in [3.8, 4) is 5.75 Å². The molecule has 1 aromatic rings. The predicted octanol–water partition coefficient (Wildman–Crippen LogP) is 8.10. The molecule has 1 fully saturated rings. The van der Waals surface area contributed by atoms with Gasteiger partial charge in [-0.2, -0.15) is 0 Å². The number of esters is 2. The van der Waals surface area contributed by atoms with Gasteiger partial charge in [0.1, 0.15) is 18.0 Å². The molecular formula is C35H52O6Si. The number of cyclic esters (lactones) is 1. The van der Waals surface area contributed by atoms with Gasteiger partial charge in [-0.05, 0) is 86.7 Å². The molecule has 0 spiro atoms. The lowest BCUT2D eigenvalue weighted by atomic mass is 9.66. The van der Waals surface area contributed by atoms with Crippen molar-refractivity contribution in [2.75, 3.05) is 0 Å². The molecule has 0 bridgehead atoms. The smallest absolute Gasteiger partial charge is 0.347 e. The van der Waals surface area contributed by atoms with Crippen molar-refractivity contribution in [2.45, 2.75) is 129 Å². The maximum Gasteiger partial charge on any atom is 0.347 e. The minimum Gasteiger partial charge on any atom is -0.479 e. The first kappa shape index (κ1) is 32.5. The van der Waals surface area contributed by atoms with E-state index < -0.39 is 14.4 Å². The van der Waals surface area contributed by atoms with E-state index in [4.69, 9.17) is 18.6 Å². The van der Waals surface area contributed by atoms with E-state index in [0.717, 1.165) is 37.7 Å². The molecule has 1 aliphatic heterocycles. The van der Waals surface area contributed by atoms with E-state index in [9.17, 15) is 9.59 Å². The van der Waals surface area contributed by atoms with Crippen LogP contribution in [0.1, 0.15) is 85.1 Å². The van der Waals surface area contributed by atoms with E-state index in [1.807, 2.05) is 38.1 Å². The summed E-state index contributed by atoms with van der Waals surface area (Å²) in [6, 6.07) is 7.77. The number of carbonyl (C=O) groups is 2. The lowest BCUT2D eigenvalue weighted by Gasteiger charge is -2.43. The largest absolute Gasteiger partial charge is 0.479 e. The Morgan fingerprint density at radius 3 is 2.52 bits per heavy atom. The van der Waals surface area contributed by atoms with E-state index in [0.29, 0.717) is 24.5 Å². The molecule has 4 rings (SSSR count). The molecule has 2 aliphatic carbocycles. The van der Waals surface area contributed by atoms with Gasteiger partial charge in [-0.25, -0.2) is 4.79 Å². The summed E-state index contributed by atoms with van der Waals surface area (Å²) in [6.45, 7) is 17.4. The molecule has 3 aliphatic rings. The number of carbonyl (C=O) groups excluding carboxylic acids is 2. The van der Waals surface area contributed by atoms with Gasteiger partial charge in [0.05, 0.1) is 12.5 Å². The summed E-state index contributed by atoms with van der Waals surface area (Å²) in [5.74, 6) is 0.971. The Hall–Kier alpha value is -2.38. The van der Waals surface area contributed by atoms with Crippen LogP contribution in [0.4, 0.5) is 0 Å². The van der Waals surface area contributed by atoms with Crippen molar-refractivity contribution in [1.29, 1.82) is 0 Å². The van der Waals surface area contributed by atoms with Gasteiger partial charge >= 0.3 is 11.9 Å². The molecule has 7 heteroatoms. The molecule has 232 valence electrons. The van der Waals surface area contributed by atoms with Gasteiger partial charge < -0.3 is 18.6 Å². The Morgan fingerprint density at radius 1 is 1.14 bits per heavy atom. The van der Waals surface area contributed by atoms with E-state index >= 15 is 0 Å². The van der Waals surface area contributed by atoms with Crippen molar-refractivity contribution in [2.24, 2.45) is 17.8 Å². The minimum atomic E-state index is -1.99. The fourth-order valence-corrected chi connectivity index (χ4v) is 7.71. The average Bonchev–Trinajstić information content (AvgIpc) is 2.91. The van der Waals surface area contributed by atoms with E-state index in [1.54, 1.807) is 0 Å². The van der Waals surface area contributed by atoms with Crippen LogP contribution in [0.2, 0.25) is 18.1 Å². The molecular weight excluding hydrogens is 544 g/mol. The van der Waals surface area contributed by atoms with Gasteiger partial charge in [-0.3, -0.25) is 4.79 Å². The standard InChI is InChI=1S/C35H52O6Si/c1-9-30(38-26-17-13-23(2)14-18-26)34(37)40-31-12-10-11-25-16-15-24(3)29(33(25)31)20-19-27-21-28(22-32(36)39-27)41-42(7,8)35(4,5)6/h11,13-18,24,27-31,33H,9-10,12,19-22H2,1-8H3/t24-,27+,28+,29-,30+,31-,33-/m0/s1. The van der Waals surface area contributed by atoms with Gasteiger partial charge in [0.15, 0.2) is 14.4 Å². The molecule has 42 heavy (non-hydrogen) atoms. The highest BCUT2D eigenvalue weighted by atomic mass is 28.4. The molecule has 1 heterocycles. The fourth-order valence-electron chi connectivity index (χ4n) is 6.34. The summed E-state index contributed by atoms with van der Waals surface area (Å²) in [4.78, 5) is 26.0. The van der Waals surface area contributed by atoms with Crippen LogP contribution in [0.15, 0.2) is 48.1 Å². The van der Waals surface area contributed by atoms with E-state index in [1.165, 1.54) is 5.57 Å². The summed E-state index contributed by atoms with van der Waals surface area (Å²) in [5, 5.41) is 0.0891. The van der Waals surface area contributed by atoms with Crippen LogP contribution in [-0.4, -0.2) is 44.7 Å². The fraction of sp³-hybridized carbons (Fsp3) is 0.657. The summed E-state index contributed by atoms with van der Waals surface area (Å²) >= 11 is 0. The second-order valence-corrected chi connectivity index (χ2v) is 18.9. The molecule has 7 atom stereocenters. The van der Waals surface area contributed by atoms with Gasteiger partial charge in [0.2, 0.25) is 0 Å². The van der Waals surface area contributed by atoms with E-state index in [-0.39, 0.29) is 47.1 Å². The first-order chi connectivity index (χ1) is 19.8. The first-order valence-corrected chi connectivity index (χ1v) is 18.9. The van der Waals surface area contributed by atoms with Crippen LogP contribution in [0, 0.1) is 24.7 Å². The van der Waals surface area contributed by atoms with Crippen LogP contribution in [-0.2, 0) is 23.5 Å². The second-order valence-electron chi connectivity index (χ2n) is 14.1. The zero-order valence-electron chi connectivity index (χ0n) is 27.0. The van der Waals surface area contributed by atoms with Gasteiger partial charge in [-0.1, -0.05) is 70.5 Å². The molecule has 0 N–H and O–H groups in total. The number of rotatable bonds is 10. The Balaban J connectivity index is 1.42. The molecule has 1 saturated heterocycles. The maximum absolute atomic E-state index is 13.4. The molecule has 0 saturated carbocycles. The highest BCUT2D eigenvalue weighted by Gasteiger charge is 2.43. The van der Waals surface area contributed by atoms with Crippen molar-refractivity contribution in [1.82, 2.24) is 0 Å². The average molecular weight is 597 g/mol. The van der Waals surface area contributed by atoms with Gasteiger partial charge in [0.25, 0.3) is 0 Å². The molecule has 0 unspecified atom stereocenters. The summed E-state index contributed by atoms with van der Waals surface area (Å²) in [6.07, 6.45) is 10.7. The lowest BCUT2D eigenvalue weighted by Crippen LogP contribution is -2.47. The Labute approximate surface area is 254 Å². The van der Waals surface area contributed by atoms with Crippen molar-refractivity contribution >= 4 is 20.3 Å². The van der Waals surface area contributed by atoms with Gasteiger partial charge in [-0.15, -0.1) is 0 Å². The zero-order valence-corrected chi connectivity index (χ0v) is 28.0. The van der Waals surface area contributed by atoms with Crippen molar-refractivity contribution in [3.05, 3.63) is 53.6 Å². The van der Waals surface area contributed by atoms with Crippen molar-refractivity contribution in [3.63, 3.8) is 0 Å². The molecule has 0 radical (unpaired) electrons. The second kappa shape index (κ2) is 13.5. The topological polar surface area (TPSA) is 71.1 Å². The quantitative estimate of drug-likeness (QED) is 0.201. The first-order valence-electron chi connectivity index (χ1n) is 16.0. The number of allylic oxidation sites excluding steroid dienone is 3. The third-order valence-corrected chi connectivity index (χ3v) is 14.4. The number of hydrogen-bond donors (Lipinski definition) is 0. The van der Waals surface area contributed by atoms with Crippen LogP contribution < -0.4 is 4.74 Å². The van der Waals surface area contributed by atoms with E-state index in [2.05, 4.69) is 59.0 Å². The molecule has 0 amide bonds.